The summed E-state index contributed by atoms with van der Waals surface area (Å²) < 4.78 is 22.3. The fraction of sp³-hybridized carbons (Fsp3) is 0.500. The van der Waals surface area contributed by atoms with Crippen LogP contribution >= 0.6 is 0 Å². The zero-order chi connectivity index (χ0) is 20.5. The van der Waals surface area contributed by atoms with Crippen molar-refractivity contribution >= 4 is 11.9 Å². The monoisotopic (exact) mass is 393 g/mol. The van der Waals surface area contributed by atoms with Crippen molar-refractivity contribution in [3.05, 3.63) is 48.6 Å². The van der Waals surface area contributed by atoms with Crippen LogP contribution in [-0.4, -0.2) is 60.8 Å². The van der Waals surface area contributed by atoms with Gasteiger partial charge in [0.15, 0.2) is 12.4 Å². The second-order valence-electron chi connectivity index (χ2n) is 6.46. The predicted molar refractivity (Wildman–Crippen MR) is 100 cm³/mol. The summed E-state index contributed by atoms with van der Waals surface area (Å²) in [5.74, 6) is -0.961. The molecule has 2 rings (SSSR count). The number of carbonyl (C=O) groups is 2. The first-order chi connectivity index (χ1) is 13.4. The van der Waals surface area contributed by atoms with Gasteiger partial charge in [-0.25, -0.2) is 0 Å². The topological polar surface area (TPSA) is 103 Å². The lowest BCUT2D eigenvalue weighted by Crippen LogP contribution is -2.65. The SMILES string of the molecule is C=CCO[C@H]1O[C@H](COCc2ccccc2)[C@@H](O)[C@H](OC(C)=O)[C@H]1NC(C)=O. The van der Waals surface area contributed by atoms with Crippen molar-refractivity contribution in [3.8, 4) is 0 Å². The van der Waals surface area contributed by atoms with Crippen LogP contribution < -0.4 is 5.32 Å². The molecule has 0 aromatic heterocycles. The molecular weight excluding hydrogens is 366 g/mol. The number of rotatable bonds is 9. The number of esters is 1. The van der Waals surface area contributed by atoms with Crippen LogP contribution in [0.15, 0.2) is 43.0 Å². The maximum absolute atomic E-state index is 11.6. The molecule has 154 valence electrons. The lowest BCUT2D eigenvalue weighted by atomic mass is 9.96. The Labute approximate surface area is 164 Å². The molecule has 8 heteroatoms. The van der Waals surface area contributed by atoms with Crippen LogP contribution in [0.4, 0.5) is 0 Å². The lowest BCUT2D eigenvalue weighted by molar-refractivity contribution is -0.273. The summed E-state index contributed by atoms with van der Waals surface area (Å²) in [5.41, 5.74) is 0.972. The zero-order valence-electron chi connectivity index (χ0n) is 16.1. The van der Waals surface area contributed by atoms with Crippen LogP contribution in [0.25, 0.3) is 0 Å². The number of nitrogens with one attached hydrogen (secondary N) is 1. The molecular formula is C20H27NO7. The lowest BCUT2D eigenvalue weighted by Gasteiger charge is -2.43. The molecule has 0 aliphatic carbocycles. The minimum Gasteiger partial charge on any atom is -0.457 e. The number of ether oxygens (including phenoxy) is 4. The zero-order valence-corrected chi connectivity index (χ0v) is 16.1. The van der Waals surface area contributed by atoms with Gasteiger partial charge in [0, 0.05) is 13.8 Å². The molecule has 8 nitrogen and oxygen atoms in total. The Morgan fingerprint density at radius 1 is 1.29 bits per heavy atom. The van der Waals surface area contributed by atoms with Crippen LogP contribution in [0.3, 0.4) is 0 Å². The molecule has 28 heavy (non-hydrogen) atoms. The molecule has 0 bridgehead atoms. The third-order valence-electron chi connectivity index (χ3n) is 4.12. The number of carbonyl (C=O) groups excluding carboxylic acids is 2. The van der Waals surface area contributed by atoms with E-state index in [0.717, 1.165) is 5.56 Å². The van der Waals surface area contributed by atoms with Gasteiger partial charge in [-0.3, -0.25) is 9.59 Å². The Bertz CT molecular complexity index is 651. The molecule has 1 saturated heterocycles. The van der Waals surface area contributed by atoms with Gasteiger partial charge in [0.25, 0.3) is 0 Å². The van der Waals surface area contributed by atoms with Crippen molar-refractivity contribution < 1.29 is 33.6 Å². The highest BCUT2D eigenvalue weighted by molar-refractivity contribution is 5.73. The number of aliphatic hydroxyl groups excluding tert-OH is 1. The highest BCUT2D eigenvalue weighted by atomic mass is 16.7. The van der Waals surface area contributed by atoms with E-state index in [0.29, 0.717) is 6.61 Å². The van der Waals surface area contributed by atoms with E-state index < -0.39 is 36.6 Å². The minimum absolute atomic E-state index is 0.0502. The normalized spacial score (nSPS) is 27.0. The van der Waals surface area contributed by atoms with E-state index in [-0.39, 0.29) is 19.1 Å². The summed E-state index contributed by atoms with van der Waals surface area (Å²) >= 11 is 0. The molecule has 0 unspecified atom stereocenters. The van der Waals surface area contributed by atoms with Crippen molar-refractivity contribution in [2.45, 2.75) is 51.1 Å². The van der Waals surface area contributed by atoms with Gasteiger partial charge in [-0.1, -0.05) is 36.4 Å². The van der Waals surface area contributed by atoms with E-state index in [4.69, 9.17) is 18.9 Å². The molecule has 1 aromatic rings. The minimum atomic E-state index is -1.21. The average molecular weight is 393 g/mol. The van der Waals surface area contributed by atoms with Crippen molar-refractivity contribution in [1.29, 1.82) is 0 Å². The Kier molecular flexibility index (Phi) is 8.59. The molecule has 1 heterocycles. The van der Waals surface area contributed by atoms with Gasteiger partial charge < -0.3 is 29.4 Å². The Balaban J connectivity index is 2.10. The highest BCUT2D eigenvalue weighted by Gasteiger charge is 2.48. The number of hydrogen-bond donors (Lipinski definition) is 2. The Hall–Kier alpha value is -2.26. The molecule has 0 saturated carbocycles. The smallest absolute Gasteiger partial charge is 0.303 e. The molecule has 0 radical (unpaired) electrons. The average Bonchev–Trinajstić information content (AvgIpc) is 2.65. The summed E-state index contributed by atoms with van der Waals surface area (Å²) in [4.78, 5) is 23.1. The number of aliphatic hydroxyl groups is 1. The number of benzene rings is 1. The summed E-state index contributed by atoms with van der Waals surface area (Å²) in [6.07, 6.45) is -2.48. The first kappa shape index (κ1) is 22.0. The molecule has 1 aliphatic rings. The molecule has 1 fully saturated rings. The third kappa shape index (κ3) is 6.42. The first-order valence-corrected chi connectivity index (χ1v) is 9.04. The van der Waals surface area contributed by atoms with Crippen molar-refractivity contribution in [1.82, 2.24) is 5.32 Å². The summed E-state index contributed by atoms with van der Waals surface area (Å²) in [6, 6.07) is 8.68. The number of amides is 1. The highest BCUT2D eigenvalue weighted by Crippen LogP contribution is 2.25. The van der Waals surface area contributed by atoms with Gasteiger partial charge in [0.2, 0.25) is 5.91 Å². The predicted octanol–water partition coefficient (Wildman–Crippen LogP) is 0.928. The Morgan fingerprint density at radius 2 is 2.00 bits per heavy atom. The molecule has 2 N–H and O–H groups in total. The maximum Gasteiger partial charge on any atom is 0.303 e. The first-order valence-electron chi connectivity index (χ1n) is 9.04. The molecule has 1 aliphatic heterocycles. The van der Waals surface area contributed by atoms with E-state index in [1.807, 2.05) is 30.3 Å². The standard InChI is InChI=1S/C20H27NO7/c1-4-10-26-20-17(21-13(2)22)19(27-14(3)23)18(24)16(28-20)12-25-11-15-8-6-5-7-9-15/h4-9,16-20,24H,1,10-12H2,2-3H3,(H,21,22)/t16-,17-,18-,19-,20+/m1/s1. The van der Waals surface area contributed by atoms with Crippen molar-refractivity contribution in [2.24, 2.45) is 0 Å². The third-order valence-corrected chi connectivity index (χ3v) is 4.12. The van der Waals surface area contributed by atoms with Crippen LogP contribution in [0.5, 0.6) is 0 Å². The summed E-state index contributed by atoms with van der Waals surface area (Å²) in [6.45, 7) is 6.67. The molecule has 1 aromatic carbocycles. The van der Waals surface area contributed by atoms with E-state index in [1.54, 1.807) is 0 Å². The van der Waals surface area contributed by atoms with Gasteiger partial charge in [-0.05, 0) is 5.56 Å². The van der Waals surface area contributed by atoms with Gasteiger partial charge in [0.05, 0.1) is 19.8 Å². The second-order valence-corrected chi connectivity index (χ2v) is 6.46. The fourth-order valence-electron chi connectivity index (χ4n) is 2.95. The molecule has 5 atom stereocenters. The fourth-order valence-corrected chi connectivity index (χ4v) is 2.95. The molecule has 0 spiro atoms. The summed E-state index contributed by atoms with van der Waals surface area (Å²) in [7, 11) is 0. The summed E-state index contributed by atoms with van der Waals surface area (Å²) in [5, 5.41) is 13.3. The number of hydrogen-bond acceptors (Lipinski definition) is 7. The van der Waals surface area contributed by atoms with E-state index >= 15 is 0 Å². The van der Waals surface area contributed by atoms with Crippen LogP contribution in [0, 0.1) is 0 Å². The van der Waals surface area contributed by atoms with Crippen LogP contribution in [-0.2, 0) is 35.1 Å². The second kappa shape index (κ2) is 10.9. The van der Waals surface area contributed by atoms with Gasteiger partial charge in [-0.15, -0.1) is 6.58 Å². The van der Waals surface area contributed by atoms with Gasteiger partial charge in [-0.2, -0.15) is 0 Å². The van der Waals surface area contributed by atoms with E-state index in [9.17, 15) is 14.7 Å². The largest absolute Gasteiger partial charge is 0.457 e. The van der Waals surface area contributed by atoms with E-state index in [1.165, 1.54) is 19.9 Å². The van der Waals surface area contributed by atoms with Crippen LogP contribution in [0.1, 0.15) is 19.4 Å². The van der Waals surface area contributed by atoms with Crippen molar-refractivity contribution in [2.75, 3.05) is 13.2 Å². The molecule has 1 amide bonds. The maximum atomic E-state index is 11.6. The quantitative estimate of drug-likeness (QED) is 0.475. The van der Waals surface area contributed by atoms with Gasteiger partial charge >= 0.3 is 5.97 Å². The van der Waals surface area contributed by atoms with Crippen LogP contribution in [0.2, 0.25) is 0 Å². The van der Waals surface area contributed by atoms with E-state index in [2.05, 4.69) is 11.9 Å². The van der Waals surface area contributed by atoms with Gasteiger partial charge in [0.1, 0.15) is 18.2 Å². The Morgan fingerprint density at radius 3 is 2.61 bits per heavy atom. The van der Waals surface area contributed by atoms with Crippen molar-refractivity contribution in [3.63, 3.8) is 0 Å².